The summed E-state index contributed by atoms with van der Waals surface area (Å²) in [5, 5.41) is 9.43. The van der Waals surface area contributed by atoms with Crippen LogP contribution >= 0.6 is 0 Å². The summed E-state index contributed by atoms with van der Waals surface area (Å²) in [5.41, 5.74) is 1.46. The molecule has 19 heavy (non-hydrogen) atoms. The summed E-state index contributed by atoms with van der Waals surface area (Å²) in [7, 11) is 0. The Morgan fingerprint density at radius 3 is 2.42 bits per heavy atom. The number of rotatable bonds is 4. The second kappa shape index (κ2) is 4.97. The molecule has 1 saturated heterocycles. The molecular formula is C16H21NO2. The Morgan fingerprint density at radius 1 is 1.21 bits per heavy atom. The Kier molecular flexibility index (Phi) is 3.31. The highest BCUT2D eigenvalue weighted by Gasteiger charge is 2.45. The Balaban J connectivity index is 1.63. The fourth-order valence-electron chi connectivity index (χ4n) is 3.74. The zero-order chi connectivity index (χ0) is 13.3. The molecule has 1 atom stereocenters. The predicted octanol–water partition coefficient (Wildman–Crippen LogP) is 2.73. The van der Waals surface area contributed by atoms with Crippen molar-refractivity contribution in [3.05, 3.63) is 35.9 Å². The number of hydrogen-bond acceptors (Lipinski definition) is 2. The summed E-state index contributed by atoms with van der Waals surface area (Å²) in [5.74, 6) is -1.10. The molecule has 0 bridgehead atoms. The summed E-state index contributed by atoms with van der Waals surface area (Å²) in [6, 6.07) is 9.60. The minimum atomic E-state index is -0.710. The zero-order valence-corrected chi connectivity index (χ0v) is 11.2. The molecule has 1 unspecified atom stereocenters. The van der Waals surface area contributed by atoms with E-state index in [-0.39, 0.29) is 5.92 Å². The Bertz CT molecular complexity index is 443. The minimum Gasteiger partial charge on any atom is -0.481 e. The Labute approximate surface area is 114 Å². The predicted molar refractivity (Wildman–Crippen MR) is 74.2 cm³/mol. The summed E-state index contributed by atoms with van der Waals surface area (Å²) in [6.45, 7) is 2.86. The average Bonchev–Trinajstić information content (AvgIpc) is 2.85. The van der Waals surface area contributed by atoms with Crippen LogP contribution < -0.4 is 0 Å². The van der Waals surface area contributed by atoms with Crippen molar-refractivity contribution in [1.29, 1.82) is 0 Å². The maximum Gasteiger partial charge on any atom is 0.312 e. The highest BCUT2D eigenvalue weighted by molar-refractivity contribution is 5.76. The molecule has 3 rings (SSSR count). The number of hydrogen-bond donors (Lipinski definition) is 1. The van der Waals surface area contributed by atoms with Gasteiger partial charge in [-0.3, -0.25) is 4.79 Å². The molecule has 0 amide bonds. The third kappa shape index (κ3) is 2.52. The van der Waals surface area contributed by atoms with Crippen LogP contribution in [0.1, 0.15) is 37.2 Å². The van der Waals surface area contributed by atoms with Crippen LogP contribution in [0.15, 0.2) is 30.3 Å². The number of aliphatic carboxylic acids is 1. The van der Waals surface area contributed by atoms with Gasteiger partial charge in [0.2, 0.25) is 0 Å². The van der Waals surface area contributed by atoms with Crippen molar-refractivity contribution in [2.45, 2.75) is 31.6 Å². The first kappa shape index (κ1) is 12.7. The van der Waals surface area contributed by atoms with Gasteiger partial charge in [0.05, 0.1) is 5.92 Å². The van der Waals surface area contributed by atoms with Gasteiger partial charge in [-0.15, -0.1) is 0 Å². The molecule has 102 valence electrons. The van der Waals surface area contributed by atoms with Crippen LogP contribution in [0.3, 0.4) is 0 Å². The molecule has 1 spiro atoms. The Hall–Kier alpha value is -1.35. The molecule has 0 aromatic heterocycles. The lowest BCUT2D eigenvalue weighted by Crippen LogP contribution is -2.56. The maximum absolute atomic E-state index is 11.5. The molecule has 1 aromatic rings. The molecule has 3 nitrogen and oxygen atoms in total. The van der Waals surface area contributed by atoms with E-state index in [0.29, 0.717) is 12.0 Å². The zero-order valence-electron chi connectivity index (χ0n) is 11.2. The van der Waals surface area contributed by atoms with E-state index in [9.17, 15) is 9.90 Å². The van der Waals surface area contributed by atoms with Crippen molar-refractivity contribution >= 4 is 5.97 Å². The van der Waals surface area contributed by atoms with E-state index in [1.807, 2.05) is 30.3 Å². The van der Waals surface area contributed by atoms with Crippen LogP contribution in [0.4, 0.5) is 0 Å². The third-order valence-electron chi connectivity index (χ3n) is 4.72. The number of nitrogens with zero attached hydrogens (tertiary/aromatic N) is 1. The van der Waals surface area contributed by atoms with Crippen LogP contribution in [-0.2, 0) is 4.79 Å². The van der Waals surface area contributed by atoms with Gasteiger partial charge in [0.15, 0.2) is 0 Å². The van der Waals surface area contributed by atoms with Gasteiger partial charge >= 0.3 is 5.97 Å². The molecule has 2 aliphatic rings. The van der Waals surface area contributed by atoms with E-state index in [4.69, 9.17) is 0 Å². The number of carboxylic acid groups (broad SMARTS) is 1. The minimum absolute atomic E-state index is 0.389. The molecule has 1 N–H and O–H groups in total. The standard InChI is InChI=1S/C16H21NO2/c18-15(19)14(13-6-2-1-3-7-13)10-17-11-16(12-17)8-4-5-9-16/h1-3,6-7,14H,4-5,8-12H2,(H,18,19). The Morgan fingerprint density at radius 2 is 1.84 bits per heavy atom. The highest BCUT2D eigenvalue weighted by atomic mass is 16.4. The van der Waals surface area contributed by atoms with E-state index < -0.39 is 5.97 Å². The van der Waals surface area contributed by atoms with Crippen molar-refractivity contribution in [1.82, 2.24) is 4.90 Å². The van der Waals surface area contributed by atoms with Crippen molar-refractivity contribution < 1.29 is 9.90 Å². The first-order valence-corrected chi connectivity index (χ1v) is 7.19. The van der Waals surface area contributed by atoms with E-state index in [1.165, 1.54) is 25.7 Å². The van der Waals surface area contributed by atoms with Gasteiger partial charge in [0.25, 0.3) is 0 Å². The topological polar surface area (TPSA) is 40.5 Å². The first-order valence-electron chi connectivity index (χ1n) is 7.19. The van der Waals surface area contributed by atoms with Gasteiger partial charge < -0.3 is 10.0 Å². The van der Waals surface area contributed by atoms with E-state index >= 15 is 0 Å². The van der Waals surface area contributed by atoms with Crippen molar-refractivity contribution in [3.63, 3.8) is 0 Å². The van der Waals surface area contributed by atoms with Crippen LogP contribution in [0.25, 0.3) is 0 Å². The molecule has 1 aliphatic carbocycles. The van der Waals surface area contributed by atoms with Crippen LogP contribution in [0, 0.1) is 5.41 Å². The second-order valence-corrected chi connectivity index (χ2v) is 6.18. The summed E-state index contributed by atoms with van der Waals surface area (Å²) in [6.07, 6.45) is 5.39. The highest BCUT2D eigenvalue weighted by Crippen LogP contribution is 2.45. The van der Waals surface area contributed by atoms with Gasteiger partial charge in [-0.05, 0) is 23.8 Å². The molecular weight excluding hydrogens is 238 g/mol. The molecule has 3 heteroatoms. The average molecular weight is 259 g/mol. The third-order valence-corrected chi connectivity index (χ3v) is 4.72. The smallest absolute Gasteiger partial charge is 0.312 e. The quantitative estimate of drug-likeness (QED) is 0.904. The van der Waals surface area contributed by atoms with Gasteiger partial charge in [-0.1, -0.05) is 43.2 Å². The van der Waals surface area contributed by atoms with Gasteiger partial charge in [-0.25, -0.2) is 0 Å². The van der Waals surface area contributed by atoms with Gasteiger partial charge in [0, 0.05) is 19.6 Å². The molecule has 1 saturated carbocycles. The van der Waals surface area contributed by atoms with Gasteiger partial charge in [-0.2, -0.15) is 0 Å². The first-order chi connectivity index (χ1) is 9.19. The van der Waals surface area contributed by atoms with Crippen molar-refractivity contribution in [2.24, 2.45) is 5.41 Å². The fourth-order valence-corrected chi connectivity index (χ4v) is 3.74. The van der Waals surface area contributed by atoms with Crippen molar-refractivity contribution in [2.75, 3.05) is 19.6 Å². The van der Waals surface area contributed by atoms with Crippen LogP contribution in [-0.4, -0.2) is 35.6 Å². The van der Waals surface area contributed by atoms with Gasteiger partial charge in [0.1, 0.15) is 0 Å². The summed E-state index contributed by atoms with van der Waals surface area (Å²) >= 11 is 0. The van der Waals surface area contributed by atoms with E-state index in [2.05, 4.69) is 4.90 Å². The summed E-state index contributed by atoms with van der Waals surface area (Å²) < 4.78 is 0. The molecule has 2 fully saturated rings. The fraction of sp³-hybridized carbons (Fsp3) is 0.562. The van der Waals surface area contributed by atoms with E-state index in [0.717, 1.165) is 18.7 Å². The molecule has 1 heterocycles. The lowest BCUT2D eigenvalue weighted by molar-refractivity contribution is -0.140. The number of carbonyl (C=O) groups is 1. The number of carboxylic acids is 1. The maximum atomic E-state index is 11.5. The number of benzene rings is 1. The molecule has 1 aliphatic heterocycles. The monoisotopic (exact) mass is 259 g/mol. The largest absolute Gasteiger partial charge is 0.481 e. The summed E-state index contributed by atoms with van der Waals surface area (Å²) in [4.78, 5) is 13.8. The lowest BCUT2D eigenvalue weighted by atomic mass is 9.77. The van der Waals surface area contributed by atoms with E-state index in [1.54, 1.807) is 0 Å². The molecule has 0 radical (unpaired) electrons. The number of likely N-dealkylation sites (tertiary alicyclic amines) is 1. The van der Waals surface area contributed by atoms with Crippen LogP contribution in [0.5, 0.6) is 0 Å². The normalized spacial score (nSPS) is 23.2. The van der Waals surface area contributed by atoms with Crippen LogP contribution in [0.2, 0.25) is 0 Å². The SMILES string of the molecule is O=C(O)C(CN1CC2(CCCC2)C1)c1ccccc1. The molecule has 1 aromatic carbocycles. The second-order valence-electron chi connectivity index (χ2n) is 6.18. The van der Waals surface area contributed by atoms with Crippen molar-refractivity contribution in [3.8, 4) is 0 Å². The lowest BCUT2D eigenvalue weighted by Gasteiger charge is -2.49.